The second-order valence-corrected chi connectivity index (χ2v) is 3.45. The molecule has 5 nitrogen and oxygen atoms in total. The van der Waals surface area contributed by atoms with Crippen LogP contribution in [0.25, 0.3) is 0 Å². The van der Waals surface area contributed by atoms with Crippen molar-refractivity contribution < 1.29 is 28.2 Å². The predicted octanol–water partition coefficient (Wildman–Crippen LogP) is 1.08. The summed E-state index contributed by atoms with van der Waals surface area (Å²) in [5.41, 5.74) is 0. The highest BCUT2D eigenvalue weighted by molar-refractivity contribution is 5.67. The average Bonchev–Trinajstić information content (AvgIpc) is 2.16. The number of hydrogen-bond donors (Lipinski definition) is 0. The maximum Gasteiger partial charge on any atom is 0.303 e. The molecule has 0 unspecified atom stereocenters. The van der Waals surface area contributed by atoms with Gasteiger partial charge in [0, 0.05) is 13.8 Å². The molecule has 1 rings (SSSR count). The summed E-state index contributed by atoms with van der Waals surface area (Å²) >= 11 is 0. The fraction of sp³-hybridized carbons (Fsp3) is 0.600. The molecule has 0 saturated carbocycles. The normalized spacial score (nSPS) is 28.8. The van der Waals surface area contributed by atoms with Gasteiger partial charge in [0.25, 0.3) is 0 Å². The van der Waals surface area contributed by atoms with E-state index in [-0.39, 0.29) is 0 Å². The maximum atomic E-state index is 13.3. The number of ether oxygens (including phenoxy) is 3. The smallest absolute Gasteiger partial charge is 0.303 e. The van der Waals surface area contributed by atoms with Gasteiger partial charge in [0.05, 0.1) is 0 Å². The molecule has 0 N–H and O–H groups in total. The SMILES string of the molecule is CC(=O)O[C@H]1[C@H](C)OC=C(F)[C@@H]1OC(C)=O. The monoisotopic (exact) mass is 232 g/mol. The summed E-state index contributed by atoms with van der Waals surface area (Å²) in [5, 5.41) is 0. The molecule has 0 aromatic heterocycles. The van der Waals surface area contributed by atoms with Gasteiger partial charge in [-0.3, -0.25) is 9.59 Å². The van der Waals surface area contributed by atoms with Crippen LogP contribution >= 0.6 is 0 Å². The van der Waals surface area contributed by atoms with Gasteiger partial charge in [-0.2, -0.15) is 0 Å². The molecular weight excluding hydrogens is 219 g/mol. The molecule has 16 heavy (non-hydrogen) atoms. The lowest BCUT2D eigenvalue weighted by Crippen LogP contribution is -2.45. The lowest BCUT2D eigenvalue weighted by Gasteiger charge is -2.32. The molecule has 0 radical (unpaired) electrons. The molecule has 3 atom stereocenters. The number of halogens is 1. The summed E-state index contributed by atoms with van der Waals surface area (Å²) in [4.78, 5) is 21.6. The van der Waals surface area contributed by atoms with E-state index in [1.807, 2.05) is 0 Å². The molecule has 0 bridgehead atoms. The number of hydrogen-bond acceptors (Lipinski definition) is 5. The molecule has 0 aromatic rings. The van der Waals surface area contributed by atoms with Gasteiger partial charge >= 0.3 is 11.9 Å². The van der Waals surface area contributed by atoms with E-state index in [1.165, 1.54) is 6.92 Å². The van der Waals surface area contributed by atoms with Crippen LogP contribution in [0.15, 0.2) is 12.1 Å². The van der Waals surface area contributed by atoms with Gasteiger partial charge in [-0.25, -0.2) is 4.39 Å². The van der Waals surface area contributed by atoms with Crippen LogP contribution in [-0.2, 0) is 23.8 Å². The largest absolute Gasteiger partial charge is 0.491 e. The Morgan fingerprint density at radius 3 is 2.38 bits per heavy atom. The molecule has 0 spiro atoms. The maximum absolute atomic E-state index is 13.3. The Morgan fingerprint density at radius 1 is 1.31 bits per heavy atom. The lowest BCUT2D eigenvalue weighted by molar-refractivity contribution is -0.175. The molecule has 1 aliphatic heterocycles. The number of rotatable bonds is 2. The number of carbonyl (C=O) groups excluding carboxylic acids is 2. The Bertz CT molecular complexity index is 325. The first-order valence-electron chi connectivity index (χ1n) is 4.77. The first-order valence-corrected chi connectivity index (χ1v) is 4.77. The zero-order chi connectivity index (χ0) is 12.3. The van der Waals surface area contributed by atoms with Gasteiger partial charge in [-0.15, -0.1) is 0 Å². The van der Waals surface area contributed by atoms with Crippen LogP contribution in [0.5, 0.6) is 0 Å². The molecule has 1 aliphatic rings. The van der Waals surface area contributed by atoms with Crippen LogP contribution < -0.4 is 0 Å². The fourth-order valence-corrected chi connectivity index (χ4v) is 1.37. The lowest BCUT2D eigenvalue weighted by atomic mass is 10.1. The van der Waals surface area contributed by atoms with Crippen molar-refractivity contribution >= 4 is 11.9 Å². The van der Waals surface area contributed by atoms with Crippen molar-refractivity contribution in [3.63, 3.8) is 0 Å². The van der Waals surface area contributed by atoms with E-state index in [0.717, 1.165) is 13.2 Å². The highest BCUT2D eigenvalue weighted by Crippen LogP contribution is 2.25. The molecular formula is C10H13FO5. The molecule has 6 heteroatoms. The van der Waals surface area contributed by atoms with Crippen molar-refractivity contribution in [2.75, 3.05) is 0 Å². The quantitative estimate of drug-likeness (QED) is 0.666. The summed E-state index contributed by atoms with van der Waals surface area (Å²) in [7, 11) is 0. The summed E-state index contributed by atoms with van der Waals surface area (Å²) in [6.07, 6.45) is -1.91. The third-order valence-electron chi connectivity index (χ3n) is 2.02. The first kappa shape index (κ1) is 12.5. The summed E-state index contributed by atoms with van der Waals surface area (Å²) < 4.78 is 27.9. The van der Waals surface area contributed by atoms with Gasteiger partial charge in [0.2, 0.25) is 0 Å². The molecule has 0 aromatic carbocycles. The molecule has 1 heterocycles. The molecule has 90 valence electrons. The van der Waals surface area contributed by atoms with Gasteiger partial charge in [-0.05, 0) is 6.92 Å². The number of carbonyl (C=O) groups is 2. The second-order valence-electron chi connectivity index (χ2n) is 3.45. The Kier molecular flexibility index (Phi) is 3.87. The highest BCUT2D eigenvalue weighted by Gasteiger charge is 2.39. The van der Waals surface area contributed by atoms with Gasteiger partial charge in [-0.1, -0.05) is 0 Å². The minimum Gasteiger partial charge on any atom is -0.491 e. The van der Waals surface area contributed by atoms with Crippen molar-refractivity contribution in [2.24, 2.45) is 0 Å². The van der Waals surface area contributed by atoms with Gasteiger partial charge < -0.3 is 14.2 Å². The van der Waals surface area contributed by atoms with Crippen LogP contribution in [0.1, 0.15) is 20.8 Å². The van der Waals surface area contributed by atoms with Crippen molar-refractivity contribution in [1.82, 2.24) is 0 Å². The van der Waals surface area contributed by atoms with Crippen LogP contribution in [0.3, 0.4) is 0 Å². The zero-order valence-corrected chi connectivity index (χ0v) is 9.23. The van der Waals surface area contributed by atoms with E-state index in [9.17, 15) is 14.0 Å². The van der Waals surface area contributed by atoms with Crippen molar-refractivity contribution in [2.45, 2.75) is 39.1 Å². The average molecular weight is 232 g/mol. The van der Waals surface area contributed by atoms with Crippen molar-refractivity contribution in [3.05, 3.63) is 12.1 Å². The first-order chi connectivity index (χ1) is 7.41. The zero-order valence-electron chi connectivity index (χ0n) is 9.23. The minimum atomic E-state index is -1.23. The predicted molar refractivity (Wildman–Crippen MR) is 50.8 cm³/mol. The Morgan fingerprint density at radius 2 is 1.88 bits per heavy atom. The second kappa shape index (κ2) is 4.96. The third kappa shape index (κ3) is 2.95. The van der Waals surface area contributed by atoms with Gasteiger partial charge in [0.1, 0.15) is 12.4 Å². The Balaban J connectivity index is 2.85. The summed E-state index contributed by atoms with van der Waals surface area (Å²) in [6.45, 7) is 3.93. The van der Waals surface area contributed by atoms with Crippen molar-refractivity contribution in [1.29, 1.82) is 0 Å². The van der Waals surface area contributed by atoms with Crippen LogP contribution in [0.4, 0.5) is 4.39 Å². The van der Waals surface area contributed by atoms with Crippen LogP contribution in [0, 0.1) is 0 Å². The third-order valence-corrected chi connectivity index (χ3v) is 2.02. The van der Waals surface area contributed by atoms with Crippen LogP contribution in [0.2, 0.25) is 0 Å². The number of esters is 2. The van der Waals surface area contributed by atoms with Crippen LogP contribution in [-0.4, -0.2) is 30.3 Å². The molecule has 0 aliphatic carbocycles. The Hall–Kier alpha value is -1.59. The molecule has 0 amide bonds. The van der Waals surface area contributed by atoms with E-state index < -0.39 is 36.1 Å². The summed E-state index contributed by atoms with van der Waals surface area (Å²) in [5.74, 6) is -2.02. The fourth-order valence-electron chi connectivity index (χ4n) is 1.37. The standard InChI is InChI=1S/C10H13FO5/c1-5-9(15-6(2)12)10(16-7(3)13)8(11)4-14-5/h4-5,9-10H,1-3H3/t5-,9-,10-/m0/s1. The van der Waals surface area contributed by atoms with E-state index >= 15 is 0 Å². The topological polar surface area (TPSA) is 61.8 Å². The highest BCUT2D eigenvalue weighted by atomic mass is 19.1. The minimum absolute atomic E-state index is 0.576. The van der Waals surface area contributed by atoms with E-state index in [0.29, 0.717) is 0 Å². The van der Waals surface area contributed by atoms with Gasteiger partial charge in [0.15, 0.2) is 18.0 Å². The van der Waals surface area contributed by atoms with Crippen molar-refractivity contribution in [3.8, 4) is 0 Å². The summed E-state index contributed by atoms with van der Waals surface area (Å²) in [6, 6.07) is 0. The van der Waals surface area contributed by atoms with E-state index in [4.69, 9.17) is 14.2 Å². The molecule has 0 saturated heterocycles. The van der Waals surface area contributed by atoms with E-state index in [1.54, 1.807) is 6.92 Å². The molecule has 0 fully saturated rings. The van der Waals surface area contributed by atoms with E-state index in [2.05, 4.69) is 0 Å². The Labute approximate surface area is 92.2 Å².